The summed E-state index contributed by atoms with van der Waals surface area (Å²) in [7, 11) is 8.38. The molecule has 0 bridgehead atoms. The highest BCUT2D eigenvalue weighted by Crippen LogP contribution is 2.43. The summed E-state index contributed by atoms with van der Waals surface area (Å²) in [5.41, 5.74) is 29.1. The Balaban J connectivity index is 0.000000130. The average Bonchev–Trinajstić information content (AvgIpc) is 1.66. The Morgan fingerprint density at radius 2 is 0.500 bits per heavy atom. The first-order chi connectivity index (χ1) is 50.8. The summed E-state index contributed by atoms with van der Waals surface area (Å²) in [5, 5.41) is 45.0. The zero-order valence-corrected chi connectivity index (χ0v) is 64.9. The largest absolute Gasteiger partial charge is 0.388 e. The van der Waals surface area contributed by atoms with Crippen molar-refractivity contribution in [1.29, 1.82) is 0 Å². The quantitative estimate of drug-likeness (QED) is 0.0904. The first kappa shape index (κ1) is 76.9. The molecule has 10 aromatic rings. The van der Waals surface area contributed by atoms with Gasteiger partial charge in [-0.2, -0.15) is 0 Å². The molecule has 0 aliphatic heterocycles. The first-order valence-corrected chi connectivity index (χ1v) is 39.7. The van der Waals surface area contributed by atoms with Gasteiger partial charge >= 0.3 is 0 Å². The summed E-state index contributed by atoms with van der Waals surface area (Å²) < 4.78 is 0. The molecule has 0 amide bonds. The molecule has 0 saturated heterocycles. The lowest BCUT2D eigenvalue weighted by atomic mass is 9.93. The third kappa shape index (κ3) is 19.1. The molecular weight excluding hydrogens is 1480 g/mol. The van der Waals surface area contributed by atoms with Crippen LogP contribution in [0.25, 0.3) is 27.9 Å². The molecule has 0 aromatic heterocycles. The monoisotopic (exact) mass is 1570 g/mol. The van der Waals surface area contributed by atoms with E-state index >= 15 is 0 Å². The maximum atomic E-state index is 12.5. The summed E-state index contributed by atoms with van der Waals surface area (Å²) in [5.74, 6) is 0.204. The maximum absolute atomic E-state index is 12.5. The number of ketones is 1. The van der Waals surface area contributed by atoms with E-state index < -0.39 is 24.4 Å². The average molecular weight is 1570 g/mol. The molecule has 0 spiro atoms. The highest BCUT2D eigenvalue weighted by molar-refractivity contribution is 9.09. The van der Waals surface area contributed by atoms with Gasteiger partial charge < -0.3 is 30.2 Å². The third-order valence-electron chi connectivity index (χ3n) is 19.7. The maximum Gasteiger partial charge on any atom is 0.167 e. The third-order valence-corrected chi connectivity index (χ3v) is 21.1. The molecule has 5 aliphatic rings. The zero-order valence-electron chi connectivity index (χ0n) is 60.1. The van der Waals surface area contributed by atoms with Crippen LogP contribution in [0.1, 0.15) is 173 Å². The Kier molecular flexibility index (Phi) is 28.2. The van der Waals surface area contributed by atoms with Gasteiger partial charge in [-0.3, -0.25) is 4.79 Å². The van der Waals surface area contributed by atoms with Crippen molar-refractivity contribution in [3.05, 3.63) is 384 Å². The minimum atomic E-state index is -0.433. The number of carbonyl (C=O) groups is 1. The van der Waals surface area contributed by atoms with E-state index in [0.717, 1.165) is 111 Å². The Hall–Kier alpha value is -8.23. The highest BCUT2D eigenvalue weighted by Gasteiger charge is 2.28. The van der Waals surface area contributed by atoms with E-state index in [-0.39, 0.29) is 5.78 Å². The van der Waals surface area contributed by atoms with Crippen molar-refractivity contribution in [3.8, 4) is 0 Å². The van der Waals surface area contributed by atoms with E-state index in [9.17, 15) is 25.2 Å². The fraction of sp³-hybridized carbons (Fsp3) is 0.245. The molecular formula is C94H95Br3N2O5. The van der Waals surface area contributed by atoms with Crippen LogP contribution in [-0.2, 0) is 32.1 Å². The molecule has 0 unspecified atom stereocenters. The summed E-state index contributed by atoms with van der Waals surface area (Å²) >= 11 is 10.5. The smallest absolute Gasteiger partial charge is 0.167 e. The van der Waals surface area contributed by atoms with Gasteiger partial charge in [0.15, 0.2) is 5.78 Å². The number of alkyl halides is 3. The van der Waals surface area contributed by atoms with Crippen molar-refractivity contribution in [2.45, 2.75) is 88.6 Å². The standard InChI is InChI=1S/2C20H23NO.2C18H17BrO.C18H15BrO/c2*1-21(2)13-7-12-17-16-9-4-3-8-15(16)14-20(22)19-11-6-5-10-18(17)19;3*19-11-5-10-15-14-7-2-1-6-13(14)12-18(20)17-9-4-3-8-16(15)17/h2*3-6,8-12,20,22H,7,13-14H2,1-2H3;2*1-4,6-10,18,20H,5,11-12H2;1-4,6-10H,5,11-12H2/t2*20-;2*18-;/m1010./s1. The molecule has 104 heavy (non-hydrogen) atoms. The number of Topliss-reactive ketones (excluding diaryl/α,β-unsaturated/α-hetero) is 1. The van der Waals surface area contributed by atoms with E-state index in [2.05, 4.69) is 256 Å². The molecule has 0 radical (unpaired) electrons. The summed E-state index contributed by atoms with van der Waals surface area (Å²) in [6.45, 7) is 2.05. The van der Waals surface area contributed by atoms with Crippen LogP contribution in [0.5, 0.6) is 0 Å². The van der Waals surface area contributed by atoms with Crippen LogP contribution in [-0.4, -0.2) is 93.3 Å². The van der Waals surface area contributed by atoms with Crippen LogP contribution in [0.3, 0.4) is 0 Å². The Morgan fingerprint density at radius 1 is 0.288 bits per heavy atom. The number of hydrogen-bond acceptors (Lipinski definition) is 7. The SMILES string of the molecule is CN(C)CCC=C1c2ccccc2C[C@@H](O)c2ccccc21.CN(C)CCC=C1c2ccccc2C[C@H](O)c2ccccc21.O=C1Cc2ccccc2C(=CCCBr)c2ccccc21.O[C@@H]1Cc2ccccc2C(=CCCBr)c2ccccc21.O[C@H]1Cc2ccccc2C(=CCCBr)c2ccccc21. The Morgan fingerprint density at radius 3 is 0.779 bits per heavy atom. The molecule has 10 heteroatoms. The summed E-state index contributed by atoms with van der Waals surface area (Å²) in [4.78, 5) is 16.8. The second-order valence-electron chi connectivity index (χ2n) is 27.4. The number of nitrogens with zero attached hydrogens (tertiary/aromatic N) is 2. The van der Waals surface area contributed by atoms with Gasteiger partial charge in [-0.15, -0.1) is 0 Å². The number of benzene rings is 10. The molecule has 5 aliphatic carbocycles. The predicted octanol–water partition coefficient (Wildman–Crippen LogP) is 20.9. The highest BCUT2D eigenvalue weighted by atomic mass is 79.9. The number of aliphatic hydroxyl groups is 4. The summed E-state index contributed by atoms with van der Waals surface area (Å²) in [6, 6.07) is 82.7. The lowest BCUT2D eigenvalue weighted by molar-refractivity contribution is 0.0993. The van der Waals surface area contributed by atoms with Crippen LogP contribution in [0, 0.1) is 0 Å². The van der Waals surface area contributed by atoms with Gasteiger partial charge in [0.1, 0.15) is 0 Å². The molecule has 15 rings (SSSR count). The molecule has 0 heterocycles. The van der Waals surface area contributed by atoms with Crippen molar-refractivity contribution in [2.75, 3.05) is 57.3 Å². The van der Waals surface area contributed by atoms with Gasteiger partial charge in [-0.1, -0.05) is 321 Å². The molecule has 7 nitrogen and oxygen atoms in total. The van der Waals surface area contributed by atoms with Crippen molar-refractivity contribution in [1.82, 2.24) is 9.80 Å². The number of allylic oxidation sites excluding steroid dienone is 3. The van der Waals surface area contributed by atoms with Gasteiger partial charge in [-0.25, -0.2) is 0 Å². The number of halogens is 3. The van der Waals surface area contributed by atoms with Gasteiger partial charge in [0.25, 0.3) is 0 Å². The van der Waals surface area contributed by atoms with Crippen molar-refractivity contribution in [3.63, 3.8) is 0 Å². The second kappa shape index (κ2) is 38.2. The van der Waals surface area contributed by atoms with Crippen LogP contribution in [0.4, 0.5) is 0 Å². The number of carbonyl (C=O) groups excluding carboxylic acids is 1. The molecule has 4 atom stereocenters. The fourth-order valence-corrected chi connectivity index (χ4v) is 15.5. The zero-order chi connectivity index (χ0) is 72.9. The van der Waals surface area contributed by atoms with E-state index in [0.29, 0.717) is 32.1 Å². The van der Waals surface area contributed by atoms with Gasteiger partial charge in [0.2, 0.25) is 0 Å². The van der Waals surface area contributed by atoms with Crippen LogP contribution >= 0.6 is 47.8 Å². The van der Waals surface area contributed by atoms with Crippen molar-refractivity contribution >= 4 is 81.4 Å². The van der Waals surface area contributed by atoms with E-state index in [1.54, 1.807) is 0 Å². The number of aliphatic hydroxyl groups excluding tert-OH is 4. The molecule has 0 fully saturated rings. The fourth-order valence-electron chi connectivity index (χ4n) is 14.8. The van der Waals surface area contributed by atoms with Crippen LogP contribution in [0.2, 0.25) is 0 Å². The Labute approximate surface area is 641 Å². The summed E-state index contributed by atoms with van der Waals surface area (Å²) in [6.07, 6.45) is 17.8. The van der Waals surface area contributed by atoms with E-state index in [4.69, 9.17) is 0 Å². The Bertz CT molecular complexity index is 4500. The second-order valence-corrected chi connectivity index (χ2v) is 29.7. The number of hydrogen-bond donors (Lipinski definition) is 4. The van der Waals surface area contributed by atoms with Gasteiger partial charge in [-0.05, 0) is 194 Å². The molecule has 0 saturated carbocycles. The molecule has 10 aromatic carbocycles. The van der Waals surface area contributed by atoms with Crippen LogP contribution < -0.4 is 0 Å². The number of fused-ring (bicyclic) bond motifs is 10. The minimum Gasteiger partial charge on any atom is -0.388 e. The first-order valence-electron chi connectivity index (χ1n) is 36.4. The predicted molar refractivity (Wildman–Crippen MR) is 444 cm³/mol. The van der Waals surface area contributed by atoms with Gasteiger partial charge in [0.05, 0.1) is 24.4 Å². The molecule has 4 N–H and O–H groups in total. The number of rotatable bonds is 12. The molecule has 532 valence electrons. The van der Waals surface area contributed by atoms with Crippen molar-refractivity contribution in [2.24, 2.45) is 0 Å². The van der Waals surface area contributed by atoms with E-state index in [1.807, 2.05) is 103 Å². The van der Waals surface area contributed by atoms with Crippen molar-refractivity contribution < 1.29 is 25.2 Å². The van der Waals surface area contributed by atoms with E-state index in [1.165, 1.54) is 89.1 Å². The minimum absolute atomic E-state index is 0.204. The topological polar surface area (TPSA) is 104 Å². The lowest BCUT2D eigenvalue weighted by Gasteiger charge is -2.14. The normalized spacial score (nSPS) is 18.4. The van der Waals surface area contributed by atoms with Crippen LogP contribution in [0.15, 0.2) is 273 Å². The lowest BCUT2D eigenvalue weighted by Crippen LogP contribution is -2.12. The van der Waals surface area contributed by atoms with Gasteiger partial charge in [0, 0.05) is 66.7 Å².